The summed E-state index contributed by atoms with van der Waals surface area (Å²) < 4.78 is 1.16. The molecule has 0 aromatic carbocycles. The molecule has 2 aromatic rings. The zero-order valence-electron chi connectivity index (χ0n) is 9.91. The minimum Gasteiger partial charge on any atom is -0.353 e. The molecule has 0 aliphatic carbocycles. The molecule has 1 saturated heterocycles. The molecule has 92 valence electrons. The van der Waals surface area contributed by atoms with Crippen molar-refractivity contribution in [3.63, 3.8) is 0 Å². The minimum atomic E-state index is 0.520. The van der Waals surface area contributed by atoms with Crippen molar-refractivity contribution in [1.82, 2.24) is 14.9 Å². The van der Waals surface area contributed by atoms with Crippen LogP contribution in [0.5, 0.6) is 0 Å². The van der Waals surface area contributed by atoms with Gasteiger partial charge < -0.3 is 4.90 Å². The third-order valence-electron chi connectivity index (χ3n) is 3.19. The van der Waals surface area contributed by atoms with Crippen LogP contribution >= 0.6 is 11.3 Å². The molecular weight excluding hydrogens is 246 g/mol. The molecule has 0 spiro atoms. The third-order valence-corrected chi connectivity index (χ3v) is 4.09. The minimum absolute atomic E-state index is 0.520. The molecule has 0 saturated carbocycles. The zero-order valence-corrected chi connectivity index (χ0v) is 10.7. The molecule has 0 radical (unpaired) electrons. The highest BCUT2D eigenvalue weighted by molar-refractivity contribution is 7.17. The van der Waals surface area contributed by atoms with E-state index in [1.807, 2.05) is 6.07 Å². The Hall–Kier alpha value is -1.71. The fourth-order valence-corrected chi connectivity index (χ4v) is 3.08. The molecule has 1 fully saturated rings. The van der Waals surface area contributed by atoms with Crippen LogP contribution in [-0.2, 0) is 0 Å². The number of nitrogens with zero attached hydrogens (tertiary/aromatic N) is 5. The fraction of sp³-hybridized carbons (Fsp3) is 0.417. The number of piperazine rings is 1. The highest BCUT2D eigenvalue weighted by atomic mass is 32.1. The van der Waals surface area contributed by atoms with Gasteiger partial charge in [0.2, 0.25) is 0 Å². The summed E-state index contributed by atoms with van der Waals surface area (Å²) in [5.41, 5.74) is 1.02. The highest BCUT2D eigenvalue weighted by Crippen LogP contribution is 2.28. The summed E-state index contributed by atoms with van der Waals surface area (Å²) in [5.74, 6) is 1.03. The molecule has 18 heavy (non-hydrogen) atoms. The summed E-state index contributed by atoms with van der Waals surface area (Å²) in [4.78, 5) is 13.1. The average molecular weight is 259 g/mol. The fourth-order valence-electron chi connectivity index (χ4n) is 2.22. The van der Waals surface area contributed by atoms with E-state index in [1.54, 1.807) is 17.7 Å². The van der Waals surface area contributed by atoms with E-state index in [1.165, 1.54) is 0 Å². The average Bonchev–Trinajstić information content (AvgIpc) is 2.88. The van der Waals surface area contributed by atoms with Crippen molar-refractivity contribution in [2.45, 2.75) is 0 Å². The number of hydrogen-bond acceptors (Lipinski definition) is 6. The largest absolute Gasteiger partial charge is 0.353 e. The van der Waals surface area contributed by atoms with Gasteiger partial charge in [-0.15, -0.1) is 11.3 Å². The molecule has 0 N–H and O–H groups in total. The summed E-state index contributed by atoms with van der Waals surface area (Å²) in [5, 5.41) is 10.7. The summed E-state index contributed by atoms with van der Waals surface area (Å²) in [6.07, 6.45) is 1.63. The van der Waals surface area contributed by atoms with Gasteiger partial charge in [0.25, 0.3) is 0 Å². The van der Waals surface area contributed by atoms with E-state index < -0.39 is 0 Å². The second kappa shape index (κ2) is 4.88. The van der Waals surface area contributed by atoms with Gasteiger partial charge in [0.15, 0.2) is 0 Å². The Labute approximate surface area is 109 Å². The molecule has 3 rings (SSSR count). The van der Waals surface area contributed by atoms with E-state index in [0.29, 0.717) is 6.54 Å². The van der Waals surface area contributed by atoms with Crippen molar-refractivity contribution in [3.8, 4) is 6.07 Å². The number of thiophene rings is 1. The van der Waals surface area contributed by atoms with Crippen molar-refractivity contribution in [3.05, 3.63) is 17.8 Å². The SMILES string of the molecule is N#CCN1CCN(c2ncnc3ccsc23)CC1. The van der Waals surface area contributed by atoms with Gasteiger partial charge in [-0.25, -0.2) is 9.97 Å². The van der Waals surface area contributed by atoms with Crippen LogP contribution in [0.1, 0.15) is 0 Å². The van der Waals surface area contributed by atoms with Gasteiger partial charge in [-0.05, 0) is 11.4 Å². The molecule has 0 bridgehead atoms. The Morgan fingerprint density at radius 2 is 2.11 bits per heavy atom. The van der Waals surface area contributed by atoms with Crippen molar-refractivity contribution < 1.29 is 0 Å². The Kier molecular flexibility index (Phi) is 3.09. The van der Waals surface area contributed by atoms with Crippen molar-refractivity contribution in [2.24, 2.45) is 0 Å². The van der Waals surface area contributed by atoms with Gasteiger partial charge >= 0.3 is 0 Å². The predicted molar refractivity (Wildman–Crippen MR) is 71.7 cm³/mol. The van der Waals surface area contributed by atoms with Crippen LogP contribution in [0.3, 0.4) is 0 Å². The Balaban J connectivity index is 1.80. The number of rotatable bonds is 2. The van der Waals surface area contributed by atoms with Crippen LogP contribution in [0.25, 0.3) is 10.2 Å². The molecule has 5 nitrogen and oxygen atoms in total. The van der Waals surface area contributed by atoms with Crippen LogP contribution in [-0.4, -0.2) is 47.6 Å². The number of nitriles is 1. The van der Waals surface area contributed by atoms with Gasteiger partial charge in [0, 0.05) is 26.2 Å². The zero-order chi connectivity index (χ0) is 12.4. The van der Waals surface area contributed by atoms with Crippen LogP contribution in [0.15, 0.2) is 17.8 Å². The molecular formula is C12H13N5S. The lowest BCUT2D eigenvalue weighted by Crippen LogP contribution is -2.46. The van der Waals surface area contributed by atoms with E-state index >= 15 is 0 Å². The maximum absolute atomic E-state index is 8.69. The van der Waals surface area contributed by atoms with E-state index in [2.05, 4.69) is 31.2 Å². The van der Waals surface area contributed by atoms with Crippen LogP contribution in [0.4, 0.5) is 5.82 Å². The molecule has 0 amide bonds. The predicted octanol–water partition coefficient (Wildman–Crippen LogP) is 1.34. The number of anilines is 1. The Bertz CT molecular complexity index is 579. The van der Waals surface area contributed by atoms with Gasteiger partial charge in [-0.1, -0.05) is 0 Å². The molecule has 2 aromatic heterocycles. The first kappa shape index (κ1) is 11.4. The maximum atomic E-state index is 8.69. The van der Waals surface area contributed by atoms with E-state index in [0.717, 1.165) is 42.2 Å². The molecule has 0 unspecified atom stereocenters. The van der Waals surface area contributed by atoms with E-state index in [4.69, 9.17) is 5.26 Å². The van der Waals surface area contributed by atoms with E-state index in [-0.39, 0.29) is 0 Å². The monoisotopic (exact) mass is 259 g/mol. The molecule has 6 heteroatoms. The lowest BCUT2D eigenvalue weighted by atomic mass is 10.3. The summed E-state index contributed by atoms with van der Waals surface area (Å²) in [7, 11) is 0. The Morgan fingerprint density at radius 1 is 1.28 bits per heavy atom. The number of aromatic nitrogens is 2. The lowest BCUT2D eigenvalue weighted by molar-refractivity contribution is 0.286. The van der Waals surface area contributed by atoms with Crippen LogP contribution < -0.4 is 4.90 Å². The van der Waals surface area contributed by atoms with Gasteiger partial charge in [0.05, 0.1) is 22.8 Å². The Morgan fingerprint density at radius 3 is 2.89 bits per heavy atom. The second-order valence-electron chi connectivity index (χ2n) is 4.25. The number of hydrogen-bond donors (Lipinski definition) is 0. The summed E-state index contributed by atoms with van der Waals surface area (Å²) in [6, 6.07) is 4.23. The molecule has 3 heterocycles. The van der Waals surface area contributed by atoms with Crippen LogP contribution in [0.2, 0.25) is 0 Å². The van der Waals surface area contributed by atoms with Crippen molar-refractivity contribution >= 4 is 27.4 Å². The van der Waals surface area contributed by atoms with Gasteiger partial charge in [0.1, 0.15) is 12.1 Å². The third kappa shape index (κ3) is 2.03. The number of fused-ring (bicyclic) bond motifs is 1. The van der Waals surface area contributed by atoms with E-state index in [9.17, 15) is 0 Å². The first-order chi connectivity index (χ1) is 8.88. The van der Waals surface area contributed by atoms with Crippen LogP contribution in [0, 0.1) is 11.3 Å². The van der Waals surface area contributed by atoms with Crippen molar-refractivity contribution in [2.75, 3.05) is 37.6 Å². The molecule has 0 atom stereocenters. The van der Waals surface area contributed by atoms with Gasteiger partial charge in [-0.2, -0.15) is 5.26 Å². The standard InChI is InChI=1S/C12H13N5S/c13-2-3-16-4-6-17(7-5-16)12-11-10(1-8-18-11)14-9-15-12/h1,8-9H,3-7H2. The van der Waals surface area contributed by atoms with Crippen molar-refractivity contribution in [1.29, 1.82) is 5.26 Å². The first-order valence-corrected chi connectivity index (χ1v) is 6.79. The smallest absolute Gasteiger partial charge is 0.150 e. The second-order valence-corrected chi connectivity index (χ2v) is 5.17. The summed E-state index contributed by atoms with van der Waals surface area (Å²) in [6.45, 7) is 4.21. The topological polar surface area (TPSA) is 56.1 Å². The quantitative estimate of drug-likeness (QED) is 0.762. The highest BCUT2D eigenvalue weighted by Gasteiger charge is 2.19. The van der Waals surface area contributed by atoms with Gasteiger partial charge in [-0.3, -0.25) is 4.90 Å². The summed E-state index contributed by atoms with van der Waals surface area (Å²) >= 11 is 1.69. The first-order valence-electron chi connectivity index (χ1n) is 5.91. The maximum Gasteiger partial charge on any atom is 0.150 e. The molecule has 1 aliphatic rings. The normalized spacial score (nSPS) is 16.9. The lowest BCUT2D eigenvalue weighted by Gasteiger charge is -2.34. The molecule has 1 aliphatic heterocycles.